The Morgan fingerprint density at radius 2 is 1.83 bits per heavy atom. The van der Waals surface area contributed by atoms with Gasteiger partial charge in [-0.2, -0.15) is 0 Å². The fourth-order valence-corrected chi connectivity index (χ4v) is 2.42. The third kappa shape index (κ3) is 5.19. The molecule has 0 aliphatic rings. The first-order chi connectivity index (χ1) is 11.3. The lowest BCUT2D eigenvalue weighted by molar-refractivity contribution is -0.150. The first-order valence-electron chi connectivity index (χ1n) is 7.98. The van der Waals surface area contributed by atoms with Crippen molar-refractivity contribution in [1.82, 2.24) is 20.1 Å². The molecule has 7 heteroatoms. The highest BCUT2D eigenvalue weighted by Crippen LogP contribution is 2.22. The molecule has 0 saturated heterocycles. The smallest absolute Gasteiger partial charge is 0.312 e. The fourth-order valence-electron chi connectivity index (χ4n) is 2.42. The van der Waals surface area contributed by atoms with E-state index in [1.54, 1.807) is 21.2 Å². The molecule has 0 fully saturated rings. The monoisotopic (exact) mass is 336 g/mol. The molecule has 7 nitrogen and oxygen atoms in total. The van der Waals surface area contributed by atoms with Crippen LogP contribution in [0.1, 0.15) is 23.2 Å². The standard InChI is InChI=1S/C17H28N4O3/c1-12-10-13(2)19-15(24-6)14(12)11-21(5)17(23)16(22)20(4)9-7-8-18-3/h10,18H,7-9,11H2,1-6H3. The third-order valence-corrected chi connectivity index (χ3v) is 3.82. The second-order valence-electron chi connectivity index (χ2n) is 5.91. The highest BCUT2D eigenvalue weighted by atomic mass is 16.5. The van der Waals surface area contributed by atoms with Gasteiger partial charge in [0.25, 0.3) is 0 Å². The summed E-state index contributed by atoms with van der Waals surface area (Å²) in [4.78, 5) is 31.8. The number of rotatable bonds is 7. The van der Waals surface area contributed by atoms with Gasteiger partial charge < -0.3 is 19.9 Å². The summed E-state index contributed by atoms with van der Waals surface area (Å²) in [7, 11) is 6.66. The second kappa shape index (κ2) is 9.22. The molecular weight excluding hydrogens is 308 g/mol. The van der Waals surface area contributed by atoms with Crippen molar-refractivity contribution in [2.75, 3.05) is 41.3 Å². The molecule has 2 amide bonds. The number of amides is 2. The summed E-state index contributed by atoms with van der Waals surface area (Å²) in [5, 5.41) is 3.02. The number of nitrogens with one attached hydrogen (secondary N) is 1. The number of nitrogens with zero attached hydrogens (tertiary/aromatic N) is 3. The maximum atomic E-state index is 12.4. The molecule has 24 heavy (non-hydrogen) atoms. The number of carbonyl (C=O) groups is 2. The number of methoxy groups -OCH3 is 1. The van der Waals surface area contributed by atoms with Crippen LogP contribution in [0.2, 0.25) is 0 Å². The number of hydrogen-bond acceptors (Lipinski definition) is 5. The molecule has 1 heterocycles. The Kier molecular flexibility index (Phi) is 7.64. The summed E-state index contributed by atoms with van der Waals surface area (Å²) in [6.07, 6.45) is 0.796. The first-order valence-corrected chi connectivity index (χ1v) is 7.98. The largest absolute Gasteiger partial charge is 0.481 e. The van der Waals surface area contributed by atoms with Crippen LogP contribution in [0.5, 0.6) is 5.88 Å². The average molecular weight is 336 g/mol. The van der Waals surface area contributed by atoms with E-state index in [1.807, 2.05) is 27.0 Å². The second-order valence-corrected chi connectivity index (χ2v) is 5.91. The van der Waals surface area contributed by atoms with Crippen molar-refractivity contribution in [3.05, 3.63) is 22.9 Å². The SMILES string of the molecule is CNCCCN(C)C(=O)C(=O)N(C)Cc1c(C)cc(C)nc1OC. The van der Waals surface area contributed by atoms with Crippen molar-refractivity contribution in [2.45, 2.75) is 26.8 Å². The molecule has 1 N–H and O–H groups in total. The van der Waals surface area contributed by atoms with Crippen LogP contribution in [0.3, 0.4) is 0 Å². The van der Waals surface area contributed by atoms with Crippen molar-refractivity contribution < 1.29 is 14.3 Å². The summed E-state index contributed by atoms with van der Waals surface area (Å²) < 4.78 is 5.31. The highest BCUT2D eigenvalue weighted by molar-refractivity contribution is 6.34. The van der Waals surface area contributed by atoms with E-state index in [-0.39, 0.29) is 6.54 Å². The molecule has 0 spiro atoms. The Morgan fingerprint density at radius 1 is 1.21 bits per heavy atom. The average Bonchev–Trinajstić information content (AvgIpc) is 2.55. The number of ether oxygens (including phenoxy) is 1. The molecule has 0 aliphatic heterocycles. The van der Waals surface area contributed by atoms with Gasteiger partial charge in [-0.05, 0) is 45.5 Å². The van der Waals surface area contributed by atoms with E-state index in [0.29, 0.717) is 12.4 Å². The van der Waals surface area contributed by atoms with E-state index in [0.717, 1.165) is 29.8 Å². The van der Waals surface area contributed by atoms with Crippen LogP contribution in [-0.4, -0.2) is 67.9 Å². The van der Waals surface area contributed by atoms with Crippen LogP contribution >= 0.6 is 0 Å². The maximum absolute atomic E-state index is 12.4. The van der Waals surface area contributed by atoms with Crippen LogP contribution < -0.4 is 10.1 Å². The number of aromatic nitrogens is 1. The molecule has 0 aromatic carbocycles. The van der Waals surface area contributed by atoms with Gasteiger partial charge in [0.2, 0.25) is 5.88 Å². The first kappa shape index (κ1) is 19.9. The van der Waals surface area contributed by atoms with Crippen molar-refractivity contribution in [3.63, 3.8) is 0 Å². The minimum atomic E-state index is -0.538. The van der Waals surface area contributed by atoms with Gasteiger partial charge in [-0.15, -0.1) is 0 Å². The molecular formula is C17H28N4O3. The summed E-state index contributed by atoms with van der Waals surface area (Å²) >= 11 is 0. The van der Waals surface area contributed by atoms with E-state index in [9.17, 15) is 9.59 Å². The lowest BCUT2D eigenvalue weighted by Crippen LogP contribution is -2.42. The van der Waals surface area contributed by atoms with Crippen molar-refractivity contribution >= 4 is 11.8 Å². The van der Waals surface area contributed by atoms with E-state index in [2.05, 4.69) is 10.3 Å². The summed E-state index contributed by atoms with van der Waals surface area (Å²) in [6, 6.07) is 1.93. The fraction of sp³-hybridized carbons (Fsp3) is 0.588. The summed E-state index contributed by atoms with van der Waals surface area (Å²) in [5.74, 6) is -0.559. The predicted octanol–water partition coefficient (Wildman–Crippen LogP) is 0.733. The third-order valence-electron chi connectivity index (χ3n) is 3.82. The molecule has 1 aromatic rings. The zero-order valence-electron chi connectivity index (χ0n) is 15.5. The molecule has 0 radical (unpaired) electrons. The topological polar surface area (TPSA) is 74.8 Å². The van der Waals surface area contributed by atoms with Crippen molar-refractivity contribution in [3.8, 4) is 5.88 Å². The van der Waals surface area contributed by atoms with E-state index in [1.165, 1.54) is 9.80 Å². The van der Waals surface area contributed by atoms with Crippen LogP contribution in [-0.2, 0) is 16.1 Å². The minimum absolute atomic E-state index is 0.275. The Balaban J connectivity index is 2.79. The van der Waals surface area contributed by atoms with Crippen LogP contribution in [0, 0.1) is 13.8 Å². The number of likely N-dealkylation sites (N-methyl/N-ethyl adjacent to an activating group) is 2. The molecule has 0 atom stereocenters. The normalized spacial score (nSPS) is 10.4. The number of aryl methyl sites for hydroxylation is 2. The van der Waals surface area contributed by atoms with E-state index < -0.39 is 11.8 Å². The molecule has 134 valence electrons. The maximum Gasteiger partial charge on any atom is 0.312 e. The van der Waals surface area contributed by atoms with Gasteiger partial charge in [0.05, 0.1) is 13.7 Å². The Labute approximate surface area is 144 Å². The van der Waals surface area contributed by atoms with Gasteiger partial charge in [-0.3, -0.25) is 9.59 Å². The van der Waals surface area contributed by atoms with Gasteiger partial charge in [0, 0.05) is 31.9 Å². The quantitative estimate of drug-likeness (QED) is 0.587. The van der Waals surface area contributed by atoms with Crippen molar-refractivity contribution in [1.29, 1.82) is 0 Å². The predicted molar refractivity (Wildman–Crippen MR) is 92.9 cm³/mol. The molecule has 0 unspecified atom stereocenters. The molecule has 1 aromatic heterocycles. The highest BCUT2D eigenvalue weighted by Gasteiger charge is 2.24. The zero-order chi connectivity index (χ0) is 18.3. The minimum Gasteiger partial charge on any atom is -0.481 e. The van der Waals surface area contributed by atoms with Gasteiger partial charge >= 0.3 is 11.8 Å². The number of carbonyl (C=O) groups excluding carboxylic acids is 2. The van der Waals surface area contributed by atoms with Gasteiger partial charge in [-0.25, -0.2) is 4.98 Å². The zero-order valence-corrected chi connectivity index (χ0v) is 15.5. The van der Waals surface area contributed by atoms with Crippen molar-refractivity contribution in [2.24, 2.45) is 0 Å². The number of pyridine rings is 1. The molecule has 0 aliphatic carbocycles. The van der Waals surface area contributed by atoms with Gasteiger partial charge in [0.1, 0.15) is 0 Å². The Bertz CT molecular complexity index is 589. The van der Waals surface area contributed by atoms with Crippen LogP contribution in [0.25, 0.3) is 0 Å². The van der Waals surface area contributed by atoms with E-state index in [4.69, 9.17) is 4.74 Å². The Morgan fingerprint density at radius 3 is 2.42 bits per heavy atom. The van der Waals surface area contributed by atoms with Crippen LogP contribution in [0.15, 0.2) is 6.07 Å². The number of hydrogen-bond donors (Lipinski definition) is 1. The summed E-state index contributed by atoms with van der Waals surface area (Å²) in [5.41, 5.74) is 2.64. The van der Waals surface area contributed by atoms with Crippen LogP contribution in [0.4, 0.5) is 0 Å². The van der Waals surface area contributed by atoms with Gasteiger partial charge in [-0.1, -0.05) is 0 Å². The molecule has 0 bridgehead atoms. The molecule has 1 rings (SSSR count). The van der Waals surface area contributed by atoms with E-state index >= 15 is 0 Å². The summed E-state index contributed by atoms with van der Waals surface area (Å²) in [6.45, 7) is 5.44. The molecule has 0 saturated carbocycles. The lowest BCUT2D eigenvalue weighted by atomic mass is 10.1. The lowest BCUT2D eigenvalue weighted by Gasteiger charge is -2.23. The Hall–Kier alpha value is -2.15. The van der Waals surface area contributed by atoms with Gasteiger partial charge in [0.15, 0.2) is 0 Å².